The number of anilines is 3. The van der Waals surface area contributed by atoms with Gasteiger partial charge in [-0.15, -0.1) is 0 Å². The Hall–Kier alpha value is -6.18. The Morgan fingerprint density at radius 2 is 0.811 bits per heavy atom. The van der Waals surface area contributed by atoms with E-state index in [0.29, 0.717) is 0 Å². The van der Waals surface area contributed by atoms with Crippen molar-refractivity contribution < 1.29 is 0 Å². The van der Waals surface area contributed by atoms with Gasteiger partial charge in [0.15, 0.2) is 0 Å². The first-order chi connectivity index (χ1) is 25.8. The van der Waals surface area contributed by atoms with Crippen LogP contribution in [0.4, 0.5) is 17.1 Å². The summed E-state index contributed by atoms with van der Waals surface area (Å²) in [4.78, 5) is 2.42. The first-order valence-corrected chi connectivity index (χ1v) is 18.7. The van der Waals surface area contributed by atoms with Crippen LogP contribution in [0.25, 0.3) is 55.3 Å². The van der Waals surface area contributed by atoms with Crippen LogP contribution in [-0.2, 0) is 10.8 Å². The van der Waals surface area contributed by atoms with Crippen molar-refractivity contribution in [2.75, 3.05) is 4.90 Å². The molecular weight excluding hydrogens is 639 g/mol. The minimum Gasteiger partial charge on any atom is -0.310 e. The van der Waals surface area contributed by atoms with Crippen molar-refractivity contribution in [3.8, 4) is 44.5 Å². The molecule has 0 saturated carbocycles. The van der Waals surface area contributed by atoms with Crippen LogP contribution < -0.4 is 4.90 Å². The summed E-state index contributed by atoms with van der Waals surface area (Å²) in [6, 6.07) is 68.8. The minimum atomic E-state index is -0.121. The Balaban J connectivity index is 1.18. The molecule has 0 radical (unpaired) electrons. The highest BCUT2D eigenvalue weighted by Crippen LogP contribution is 2.56. The monoisotopic (exact) mass is 681 g/mol. The van der Waals surface area contributed by atoms with Gasteiger partial charge in [-0.25, -0.2) is 0 Å². The fourth-order valence-electron chi connectivity index (χ4n) is 8.35. The second-order valence-electron chi connectivity index (χ2n) is 15.4. The molecule has 0 aromatic heterocycles. The molecule has 0 fully saturated rings. The summed E-state index contributed by atoms with van der Waals surface area (Å²) in [6.45, 7) is 9.68. The van der Waals surface area contributed by atoms with E-state index in [1.54, 1.807) is 0 Å². The highest BCUT2D eigenvalue weighted by Gasteiger charge is 2.46. The Kier molecular flexibility index (Phi) is 7.90. The molecule has 0 saturated heterocycles. The molecule has 8 aromatic carbocycles. The molecule has 0 N–H and O–H groups in total. The molecule has 0 atom stereocenters. The van der Waals surface area contributed by atoms with E-state index >= 15 is 0 Å². The first-order valence-electron chi connectivity index (χ1n) is 18.7. The molecule has 8 aromatic rings. The second-order valence-corrected chi connectivity index (χ2v) is 15.4. The fourth-order valence-corrected chi connectivity index (χ4v) is 8.35. The van der Waals surface area contributed by atoms with Crippen molar-refractivity contribution in [1.29, 1.82) is 0 Å². The molecule has 1 aliphatic carbocycles. The van der Waals surface area contributed by atoms with Crippen molar-refractivity contribution >= 4 is 27.8 Å². The fraction of sp³-hybridized carbons (Fsp3) is 0.115. The van der Waals surface area contributed by atoms with Gasteiger partial charge >= 0.3 is 0 Å². The van der Waals surface area contributed by atoms with Crippen LogP contribution in [0, 0.1) is 0 Å². The van der Waals surface area contributed by atoms with Gasteiger partial charge in [-0.05, 0) is 120 Å². The third-order valence-electron chi connectivity index (χ3n) is 12.0. The van der Waals surface area contributed by atoms with Gasteiger partial charge in [-0.1, -0.05) is 173 Å². The standard InChI is InChI=1S/C52H43N/c1-51(2)48-33-26-40-18-11-12-21-46(40)50(48)47-32-31-45(35-49(47)52(51,3)4)53(43-27-22-38(23-28-43)36-14-7-5-8-15-36)44-29-24-39(25-30-44)42-20-13-19-41(34-42)37-16-9-6-10-17-37/h5-35H,1-4H3. The maximum absolute atomic E-state index is 2.46. The number of hydrogen-bond donors (Lipinski definition) is 0. The molecular formula is C52H43N. The van der Waals surface area contributed by atoms with Crippen LogP contribution in [0.15, 0.2) is 188 Å². The molecule has 0 aliphatic heterocycles. The minimum absolute atomic E-state index is 0.0872. The number of hydrogen-bond acceptors (Lipinski definition) is 1. The molecule has 256 valence electrons. The Morgan fingerprint density at radius 3 is 1.43 bits per heavy atom. The predicted molar refractivity (Wildman–Crippen MR) is 226 cm³/mol. The molecule has 0 unspecified atom stereocenters. The van der Waals surface area contributed by atoms with Crippen LogP contribution in [-0.4, -0.2) is 0 Å². The lowest BCUT2D eigenvalue weighted by molar-refractivity contribution is 0.299. The summed E-state index contributed by atoms with van der Waals surface area (Å²) in [5.74, 6) is 0. The average Bonchev–Trinajstić information content (AvgIpc) is 3.21. The first kappa shape index (κ1) is 32.7. The van der Waals surface area contributed by atoms with Crippen molar-refractivity contribution in [1.82, 2.24) is 0 Å². The van der Waals surface area contributed by atoms with Crippen molar-refractivity contribution in [3.63, 3.8) is 0 Å². The van der Waals surface area contributed by atoms with E-state index in [1.165, 1.54) is 66.4 Å². The molecule has 0 amide bonds. The van der Waals surface area contributed by atoms with Gasteiger partial charge < -0.3 is 4.90 Å². The molecule has 0 spiro atoms. The van der Waals surface area contributed by atoms with Gasteiger partial charge in [0.05, 0.1) is 0 Å². The van der Waals surface area contributed by atoms with E-state index in [9.17, 15) is 0 Å². The van der Waals surface area contributed by atoms with E-state index in [1.807, 2.05) is 0 Å². The maximum atomic E-state index is 2.46. The molecule has 1 heteroatoms. The van der Waals surface area contributed by atoms with Crippen molar-refractivity contribution in [2.24, 2.45) is 0 Å². The van der Waals surface area contributed by atoms with Crippen LogP contribution >= 0.6 is 0 Å². The summed E-state index contributed by atoms with van der Waals surface area (Å²) in [5.41, 5.74) is 16.0. The Labute approximate surface area is 313 Å². The molecule has 0 bridgehead atoms. The van der Waals surface area contributed by atoms with Gasteiger partial charge in [-0.2, -0.15) is 0 Å². The molecule has 1 aliphatic rings. The number of rotatable bonds is 6. The molecule has 1 nitrogen and oxygen atoms in total. The number of benzene rings is 8. The topological polar surface area (TPSA) is 3.24 Å². The normalized spacial score (nSPS) is 14.0. The third kappa shape index (κ3) is 5.56. The van der Waals surface area contributed by atoms with E-state index < -0.39 is 0 Å². The zero-order valence-corrected chi connectivity index (χ0v) is 30.8. The smallest absolute Gasteiger partial charge is 0.0464 e. The second kappa shape index (κ2) is 12.8. The quantitative estimate of drug-likeness (QED) is 0.169. The van der Waals surface area contributed by atoms with Crippen molar-refractivity contribution in [3.05, 3.63) is 199 Å². The number of nitrogens with zero attached hydrogens (tertiary/aromatic N) is 1. The van der Waals surface area contributed by atoms with Crippen LogP contribution in [0.2, 0.25) is 0 Å². The lowest BCUT2D eigenvalue weighted by atomic mass is 9.55. The Morgan fingerprint density at radius 1 is 0.340 bits per heavy atom. The summed E-state index contributed by atoms with van der Waals surface area (Å²) in [5, 5.41) is 2.61. The average molecular weight is 682 g/mol. The van der Waals surface area contributed by atoms with E-state index in [0.717, 1.165) is 17.1 Å². The third-order valence-corrected chi connectivity index (χ3v) is 12.0. The van der Waals surface area contributed by atoms with E-state index in [4.69, 9.17) is 0 Å². The zero-order chi connectivity index (χ0) is 36.2. The molecule has 53 heavy (non-hydrogen) atoms. The van der Waals surface area contributed by atoms with Crippen molar-refractivity contribution in [2.45, 2.75) is 38.5 Å². The molecule has 9 rings (SSSR count). The SMILES string of the molecule is CC1(C)c2cc(N(c3ccc(-c4ccccc4)cc3)c3ccc(-c4cccc(-c5ccccc5)c4)cc3)ccc2-c2c(ccc3ccccc23)C1(C)C. The van der Waals surface area contributed by atoms with E-state index in [-0.39, 0.29) is 10.8 Å². The van der Waals surface area contributed by atoms with Gasteiger partial charge in [0.2, 0.25) is 0 Å². The lowest BCUT2D eigenvalue weighted by Crippen LogP contribution is -2.43. The maximum Gasteiger partial charge on any atom is 0.0464 e. The van der Waals surface area contributed by atoms with Gasteiger partial charge in [0.25, 0.3) is 0 Å². The summed E-state index contributed by atoms with van der Waals surface area (Å²) in [7, 11) is 0. The largest absolute Gasteiger partial charge is 0.310 e. The van der Waals surface area contributed by atoms with Crippen LogP contribution in [0.1, 0.15) is 38.8 Å². The van der Waals surface area contributed by atoms with E-state index in [2.05, 4.69) is 221 Å². The predicted octanol–water partition coefficient (Wildman–Crippen LogP) is 14.5. The summed E-state index contributed by atoms with van der Waals surface area (Å²) >= 11 is 0. The highest BCUT2D eigenvalue weighted by molar-refractivity contribution is 6.01. The molecule has 0 heterocycles. The van der Waals surface area contributed by atoms with Crippen LogP contribution in [0.5, 0.6) is 0 Å². The summed E-state index contributed by atoms with van der Waals surface area (Å²) < 4.78 is 0. The van der Waals surface area contributed by atoms with Gasteiger partial charge in [0, 0.05) is 17.1 Å². The van der Waals surface area contributed by atoms with Crippen LogP contribution in [0.3, 0.4) is 0 Å². The van der Waals surface area contributed by atoms with Gasteiger partial charge in [0.1, 0.15) is 0 Å². The number of fused-ring (bicyclic) bond motifs is 5. The lowest BCUT2D eigenvalue weighted by Gasteiger charge is -2.49. The zero-order valence-electron chi connectivity index (χ0n) is 30.8. The summed E-state index contributed by atoms with van der Waals surface area (Å²) in [6.07, 6.45) is 0. The van der Waals surface area contributed by atoms with Gasteiger partial charge in [-0.3, -0.25) is 0 Å². The highest BCUT2D eigenvalue weighted by atomic mass is 15.1. The Bertz CT molecular complexity index is 2580.